The van der Waals surface area contributed by atoms with Crippen molar-refractivity contribution in [2.24, 2.45) is 0 Å². The van der Waals surface area contributed by atoms with Gasteiger partial charge in [-0.25, -0.2) is 4.98 Å². The van der Waals surface area contributed by atoms with Gasteiger partial charge in [-0.15, -0.1) is 0 Å². The molecule has 28 heavy (non-hydrogen) atoms. The second kappa shape index (κ2) is 8.69. The summed E-state index contributed by atoms with van der Waals surface area (Å²) in [7, 11) is 0. The van der Waals surface area contributed by atoms with Crippen molar-refractivity contribution in [3.8, 4) is 5.75 Å². The van der Waals surface area contributed by atoms with Crippen LogP contribution in [0.1, 0.15) is 35.0 Å². The van der Waals surface area contributed by atoms with Crippen LogP contribution in [0.25, 0.3) is 11.0 Å². The number of nitrogens with zero attached hydrogens (tertiary/aromatic N) is 2. The minimum Gasteiger partial charge on any atom is -0.494 e. The number of carbonyl (C=O) groups excluding carboxylic acids is 1. The highest BCUT2D eigenvalue weighted by Crippen LogP contribution is 2.14. The summed E-state index contributed by atoms with van der Waals surface area (Å²) in [6.45, 7) is 7.24. The van der Waals surface area contributed by atoms with E-state index in [1.54, 1.807) is 29.7 Å². The zero-order chi connectivity index (χ0) is 20.1. The topological polar surface area (TPSA) is 73.2 Å². The average Bonchev–Trinajstić information content (AvgIpc) is 2.68. The summed E-state index contributed by atoms with van der Waals surface area (Å²) in [6.07, 6.45) is 0.708. The Bertz CT molecular complexity index is 1060. The van der Waals surface area contributed by atoms with Crippen molar-refractivity contribution in [2.75, 3.05) is 13.2 Å². The van der Waals surface area contributed by atoms with E-state index in [-0.39, 0.29) is 11.5 Å². The van der Waals surface area contributed by atoms with Gasteiger partial charge >= 0.3 is 0 Å². The van der Waals surface area contributed by atoms with E-state index in [1.165, 1.54) is 0 Å². The Morgan fingerprint density at radius 2 is 2.00 bits per heavy atom. The minimum atomic E-state index is -0.161. The SMILES string of the molecule is CCn1c(=O)c(C)nc2cc(C(=O)NCCCOc3cccc(C)c3)ccc21. The summed E-state index contributed by atoms with van der Waals surface area (Å²) >= 11 is 0. The van der Waals surface area contributed by atoms with Gasteiger partial charge in [0, 0.05) is 18.7 Å². The standard InChI is InChI=1S/C22H25N3O3/c1-4-25-20-10-9-17(14-19(20)24-16(3)22(25)27)21(26)23-11-6-12-28-18-8-5-7-15(2)13-18/h5,7-10,13-14H,4,6,11-12H2,1-3H3,(H,23,26). The smallest absolute Gasteiger partial charge is 0.272 e. The lowest BCUT2D eigenvalue weighted by molar-refractivity contribution is 0.0951. The van der Waals surface area contributed by atoms with Crippen molar-refractivity contribution in [3.63, 3.8) is 0 Å². The normalized spacial score (nSPS) is 10.8. The molecule has 0 saturated carbocycles. The van der Waals surface area contributed by atoms with Crippen molar-refractivity contribution in [3.05, 3.63) is 69.6 Å². The molecule has 146 valence electrons. The predicted octanol–water partition coefficient (Wildman–Crippen LogP) is 3.23. The summed E-state index contributed by atoms with van der Waals surface area (Å²) in [5.41, 5.74) is 3.40. The molecule has 0 saturated heterocycles. The minimum absolute atomic E-state index is 0.0965. The number of hydrogen-bond donors (Lipinski definition) is 1. The Labute approximate surface area is 164 Å². The molecule has 0 unspecified atom stereocenters. The summed E-state index contributed by atoms with van der Waals surface area (Å²) in [4.78, 5) is 28.9. The molecule has 1 N–H and O–H groups in total. The number of nitrogens with one attached hydrogen (secondary N) is 1. The van der Waals surface area contributed by atoms with Crippen molar-refractivity contribution < 1.29 is 9.53 Å². The predicted molar refractivity (Wildman–Crippen MR) is 110 cm³/mol. The first-order valence-corrected chi connectivity index (χ1v) is 9.48. The highest BCUT2D eigenvalue weighted by molar-refractivity contribution is 5.97. The van der Waals surface area contributed by atoms with Crippen LogP contribution in [0.15, 0.2) is 47.3 Å². The number of hydrogen-bond acceptors (Lipinski definition) is 4. The number of amides is 1. The maximum absolute atomic E-state index is 12.4. The number of carbonyl (C=O) groups is 1. The molecule has 0 bridgehead atoms. The van der Waals surface area contributed by atoms with E-state index in [1.807, 2.05) is 38.1 Å². The maximum atomic E-state index is 12.4. The summed E-state index contributed by atoms with van der Waals surface area (Å²) < 4.78 is 7.36. The monoisotopic (exact) mass is 379 g/mol. The lowest BCUT2D eigenvalue weighted by Gasteiger charge is -2.11. The molecule has 0 aliphatic carbocycles. The zero-order valence-corrected chi connectivity index (χ0v) is 16.5. The summed E-state index contributed by atoms with van der Waals surface area (Å²) in [6, 6.07) is 13.1. The molecule has 0 radical (unpaired) electrons. The maximum Gasteiger partial charge on any atom is 0.272 e. The molecular weight excluding hydrogens is 354 g/mol. The Morgan fingerprint density at radius 3 is 2.75 bits per heavy atom. The van der Waals surface area contributed by atoms with Crippen molar-refractivity contribution >= 4 is 16.9 Å². The van der Waals surface area contributed by atoms with Crippen LogP contribution in [-0.2, 0) is 6.54 Å². The van der Waals surface area contributed by atoms with Gasteiger partial charge in [0.15, 0.2) is 0 Å². The Balaban J connectivity index is 1.59. The molecule has 1 heterocycles. The van der Waals surface area contributed by atoms with Crippen LogP contribution in [0.2, 0.25) is 0 Å². The largest absolute Gasteiger partial charge is 0.494 e. The lowest BCUT2D eigenvalue weighted by Crippen LogP contribution is -2.26. The second-order valence-electron chi connectivity index (χ2n) is 6.72. The van der Waals surface area contributed by atoms with Gasteiger partial charge in [-0.3, -0.25) is 9.59 Å². The van der Waals surface area contributed by atoms with Gasteiger partial charge in [-0.2, -0.15) is 0 Å². The molecule has 0 spiro atoms. The summed E-state index contributed by atoms with van der Waals surface area (Å²) in [5, 5.41) is 2.90. The number of benzene rings is 2. The van der Waals surface area contributed by atoms with Crippen LogP contribution in [-0.4, -0.2) is 28.6 Å². The zero-order valence-electron chi connectivity index (χ0n) is 16.5. The fraction of sp³-hybridized carbons (Fsp3) is 0.318. The number of fused-ring (bicyclic) bond motifs is 1. The molecule has 3 rings (SSSR count). The number of aryl methyl sites for hydroxylation is 3. The van der Waals surface area contributed by atoms with Gasteiger partial charge in [0.1, 0.15) is 11.4 Å². The van der Waals surface area contributed by atoms with E-state index in [9.17, 15) is 9.59 Å². The Hall–Kier alpha value is -3.15. The highest BCUT2D eigenvalue weighted by atomic mass is 16.5. The highest BCUT2D eigenvalue weighted by Gasteiger charge is 2.11. The van der Waals surface area contributed by atoms with Gasteiger partial charge in [0.2, 0.25) is 0 Å². The van der Waals surface area contributed by atoms with Gasteiger partial charge in [0.05, 0.1) is 17.6 Å². The van der Waals surface area contributed by atoms with E-state index in [2.05, 4.69) is 10.3 Å². The molecule has 2 aromatic carbocycles. The van der Waals surface area contributed by atoms with Crippen molar-refractivity contribution in [2.45, 2.75) is 33.7 Å². The third kappa shape index (κ3) is 4.39. The van der Waals surface area contributed by atoms with Crippen LogP contribution >= 0.6 is 0 Å². The quantitative estimate of drug-likeness (QED) is 0.640. The third-order valence-corrected chi connectivity index (χ3v) is 4.55. The fourth-order valence-corrected chi connectivity index (χ4v) is 3.10. The molecule has 3 aromatic rings. The first kappa shape index (κ1) is 19.6. The molecular formula is C22H25N3O3. The molecule has 1 amide bonds. The van der Waals surface area contributed by atoms with E-state index >= 15 is 0 Å². The molecule has 6 nitrogen and oxygen atoms in total. The fourth-order valence-electron chi connectivity index (χ4n) is 3.10. The van der Waals surface area contributed by atoms with Crippen molar-refractivity contribution in [1.29, 1.82) is 0 Å². The third-order valence-electron chi connectivity index (χ3n) is 4.55. The van der Waals surface area contributed by atoms with Crippen molar-refractivity contribution in [1.82, 2.24) is 14.9 Å². The van der Waals surface area contributed by atoms with Crippen LogP contribution in [0.4, 0.5) is 0 Å². The average molecular weight is 379 g/mol. The molecule has 0 fully saturated rings. The van der Waals surface area contributed by atoms with E-state index in [0.29, 0.717) is 42.9 Å². The summed E-state index contributed by atoms with van der Waals surface area (Å²) in [5.74, 6) is 0.676. The Morgan fingerprint density at radius 1 is 1.18 bits per heavy atom. The van der Waals surface area contributed by atoms with Gasteiger partial charge in [-0.1, -0.05) is 12.1 Å². The molecule has 1 aromatic heterocycles. The molecule has 0 atom stereocenters. The van der Waals surface area contributed by atoms with Crippen LogP contribution in [0.5, 0.6) is 5.75 Å². The number of ether oxygens (including phenoxy) is 1. The lowest BCUT2D eigenvalue weighted by atomic mass is 10.1. The number of rotatable bonds is 7. The van der Waals surface area contributed by atoms with Crippen LogP contribution in [0.3, 0.4) is 0 Å². The first-order chi connectivity index (χ1) is 13.5. The molecule has 6 heteroatoms. The van der Waals surface area contributed by atoms with E-state index in [4.69, 9.17) is 4.74 Å². The first-order valence-electron chi connectivity index (χ1n) is 9.48. The second-order valence-corrected chi connectivity index (χ2v) is 6.72. The van der Waals surface area contributed by atoms with Crippen LogP contribution in [0, 0.1) is 13.8 Å². The molecule has 0 aliphatic rings. The molecule has 0 aliphatic heterocycles. The van der Waals surface area contributed by atoms with Crippen LogP contribution < -0.4 is 15.6 Å². The van der Waals surface area contributed by atoms with Gasteiger partial charge in [-0.05, 0) is 63.1 Å². The number of aromatic nitrogens is 2. The van der Waals surface area contributed by atoms with E-state index in [0.717, 1.165) is 16.8 Å². The van der Waals surface area contributed by atoms with Gasteiger partial charge in [0.25, 0.3) is 11.5 Å². The van der Waals surface area contributed by atoms with Gasteiger partial charge < -0.3 is 14.6 Å². The Kier molecular flexibility index (Phi) is 6.09. The van der Waals surface area contributed by atoms with E-state index < -0.39 is 0 Å².